The Bertz CT molecular complexity index is 287. The van der Waals surface area contributed by atoms with E-state index >= 15 is 0 Å². The fourth-order valence-electron chi connectivity index (χ4n) is 1.27. The van der Waals surface area contributed by atoms with Crippen LogP contribution in [0.2, 0.25) is 5.32 Å². The van der Waals surface area contributed by atoms with E-state index < -0.39 is 11.7 Å². The molecule has 0 bridgehead atoms. The van der Waals surface area contributed by atoms with E-state index in [1.165, 1.54) is 4.90 Å². The van der Waals surface area contributed by atoms with Crippen molar-refractivity contribution in [1.82, 2.24) is 4.90 Å². The van der Waals surface area contributed by atoms with Gasteiger partial charge in [0.15, 0.2) is 0 Å². The SMILES string of the molecule is CCCC[Se]C(=O)N(CCCC)C(=O)OC(C)(C)C. The first-order valence-corrected chi connectivity index (χ1v) is 9.05. The molecule has 0 spiro atoms. The van der Waals surface area contributed by atoms with Gasteiger partial charge in [0.2, 0.25) is 0 Å². The monoisotopic (exact) mass is 337 g/mol. The van der Waals surface area contributed by atoms with Gasteiger partial charge in [0, 0.05) is 0 Å². The summed E-state index contributed by atoms with van der Waals surface area (Å²) in [5.74, 6) is 0. The van der Waals surface area contributed by atoms with Crippen LogP contribution in [0.3, 0.4) is 0 Å². The molecule has 0 fully saturated rings. The van der Waals surface area contributed by atoms with Crippen molar-refractivity contribution in [2.75, 3.05) is 6.54 Å². The Morgan fingerprint density at radius 1 is 1.11 bits per heavy atom. The van der Waals surface area contributed by atoms with Crippen molar-refractivity contribution in [2.24, 2.45) is 0 Å². The average Bonchev–Trinajstić information content (AvgIpc) is 2.27. The summed E-state index contributed by atoms with van der Waals surface area (Å²) in [7, 11) is 0. The topological polar surface area (TPSA) is 46.6 Å². The van der Waals surface area contributed by atoms with Crippen LogP contribution in [0.1, 0.15) is 60.3 Å². The van der Waals surface area contributed by atoms with Crippen LogP contribution in [0.4, 0.5) is 9.59 Å². The molecule has 0 N–H and O–H groups in total. The number of amides is 2. The molecule has 0 saturated carbocycles. The standard InChI is InChI=1S/C14H27NO3Se/c1-6-8-10-15(12(16)18-14(3,4)5)13(17)19-11-9-7-2/h6-11H2,1-5H3. The summed E-state index contributed by atoms with van der Waals surface area (Å²) in [5.41, 5.74) is -0.557. The molecule has 0 atom stereocenters. The van der Waals surface area contributed by atoms with Crippen molar-refractivity contribution in [1.29, 1.82) is 0 Å². The molecule has 0 radical (unpaired) electrons. The number of hydrogen-bond acceptors (Lipinski definition) is 3. The maximum atomic E-state index is 12.1. The van der Waals surface area contributed by atoms with Gasteiger partial charge in [0.1, 0.15) is 0 Å². The molecule has 0 heterocycles. The van der Waals surface area contributed by atoms with E-state index in [0.717, 1.165) is 31.0 Å². The fourth-order valence-corrected chi connectivity index (χ4v) is 3.22. The molecular weight excluding hydrogens is 309 g/mol. The Balaban J connectivity index is 4.51. The number of rotatable bonds is 7. The first-order valence-electron chi connectivity index (χ1n) is 6.99. The molecule has 0 aliphatic rings. The number of ether oxygens (including phenoxy) is 1. The van der Waals surface area contributed by atoms with Gasteiger partial charge >= 0.3 is 123 Å². The summed E-state index contributed by atoms with van der Waals surface area (Å²) in [6, 6.07) is 0. The second kappa shape index (κ2) is 9.38. The van der Waals surface area contributed by atoms with Crippen LogP contribution in [-0.4, -0.2) is 42.9 Å². The van der Waals surface area contributed by atoms with Gasteiger partial charge in [0.05, 0.1) is 0 Å². The summed E-state index contributed by atoms with van der Waals surface area (Å²) >= 11 is -0.152. The number of carbonyl (C=O) groups is 2. The van der Waals surface area contributed by atoms with E-state index in [9.17, 15) is 9.59 Å². The van der Waals surface area contributed by atoms with Gasteiger partial charge in [-0.05, 0) is 0 Å². The summed E-state index contributed by atoms with van der Waals surface area (Å²) in [5, 5.41) is 0.897. The van der Waals surface area contributed by atoms with Crippen LogP contribution in [-0.2, 0) is 4.74 Å². The molecule has 2 amide bonds. The van der Waals surface area contributed by atoms with Crippen molar-refractivity contribution in [3.63, 3.8) is 0 Å². The number of imide groups is 1. The van der Waals surface area contributed by atoms with Crippen LogP contribution >= 0.6 is 0 Å². The van der Waals surface area contributed by atoms with Gasteiger partial charge in [-0.1, -0.05) is 0 Å². The minimum atomic E-state index is -0.557. The molecular formula is C14H27NO3Se. The molecule has 0 unspecified atom stereocenters. The number of hydrogen-bond donors (Lipinski definition) is 0. The molecule has 0 rings (SSSR count). The van der Waals surface area contributed by atoms with E-state index in [-0.39, 0.29) is 19.8 Å². The quantitative estimate of drug-likeness (QED) is 0.520. The van der Waals surface area contributed by atoms with Gasteiger partial charge in [-0.3, -0.25) is 0 Å². The van der Waals surface area contributed by atoms with Gasteiger partial charge in [-0.25, -0.2) is 0 Å². The Morgan fingerprint density at radius 3 is 2.16 bits per heavy atom. The van der Waals surface area contributed by atoms with Crippen LogP contribution in [0.15, 0.2) is 0 Å². The van der Waals surface area contributed by atoms with Crippen molar-refractivity contribution in [3.8, 4) is 0 Å². The molecule has 0 aliphatic heterocycles. The number of nitrogens with zero attached hydrogens (tertiary/aromatic N) is 1. The molecule has 0 aliphatic carbocycles. The Hall–Kier alpha value is -0.541. The van der Waals surface area contributed by atoms with Crippen LogP contribution in [0, 0.1) is 0 Å². The molecule has 0 aromatic heterocycles. The van der Waals surface area contributed by atoms with Gasteiger partial charge in [-0.15, -0.1) is 0 Å². The molecule has 0 aromatic rings. The molecule has 0 saturated heterocycles. The predicted octanol–water partition coefficient (Wildman–Crippen LogP) is 4.07. The third kappa shape index (κ3) is 9.06. The second-order valence-electron chi connectivity index (χ2n) is 5.45. The number of carbonyl (C=O) groups excluding carboxylic acids is 2. The van der Waals surface area contributed by atoms with E-state index in [2.05, 4.69) is 6.92 Å². The van der Waals surface area contributed by atoms with E-state index in [4.69, 9.17) is 4.74 Å². The first-order chi connectivity index (χ1) is 8.81. The van der Waals surface area contributed by atoms with E-state index in [0.29, 0.717) is 6.54 Å². The third-order valence-corrected chi connectivity index (χ3v) is 4.31. The zero-order chi connectivity index (χ0) is 14.9. The molecule has 4 nitrogen and oxygen atoms in total. The molecule has 0 aromatic carbocycles. The summed E-state index contributed by atoms with van der Waals surface area (Å²) in [6.07, 6.45) is 3.41. The normalized spacial score (nSPS) is 11.2. The Kier molecular flexibility index (Phi) is 9.11. The van der Waals surface area contributed by atoms with Gasteiger partial charge in [-0.2, -0.15) is 0 Å². The van der Waals surface area contributed by atoms with E-state index in [1.807, 2.05) is 27.7 Å². The average molecular weight is 336 g/mol. The van der Waals surface area contributed by atoms with Crippen molar-refractivity contribution in [3.05, 3.63) is 0 Å². The minimum absolute atomic E-state index is 0.0522. The fraction of sp³-hybridized carbons (Fsp3) is 0.857. The Labute approximate surface area is 123 Å². The predicted molar refractivity (Wildman–Crippen MR) is 78.7 cm³/mol. The molecule has 5 heteroatoms. The summed E-state index contributed by atoms with van der Waals surface area (Å²) < 4.78 is 5.30. The molecule has 112 valence electrons. The zero-order valence-corrected chi connectivity index (χ0v) is 14.5. The van der Waals surface area contributed by atoms with E-state index in [1.54, 1.807) is 0 Å². The zero-order valence-electron chi connectivity index (χ0n) is 12.8. The molecule has 19 heavy (non-hydrogen) atoms. The summed E-state index contributed by atoms with van der Waals surface area (Å²) in [4.78, 5) is 25.4. The van der Waals surface area contributed by atoms with Crippen LogP contribution in [0.5, 0.6) is 0 Å². The first kappa shape index (κ1) is 18.5. The maximum absolute atomic E-state index is 12.1. The van der Waals surface area contributed by atoms with Crippen LogP contribution < -0.4 is 0 Å². The van der Waals surface area contributed by atoms with Gasteiger partial charge in [0.25, 0.3) is 0 Å². The Morgan fingerprint density at radius 2 is 1.68 bits per heavy atom. The third-order valence-electron chi connectivity index (χ3n) is 2.29. The summed E-state index contributed by atoms with van der Waals surface area (Å²) in [6.45, 7) is 10.1. The number of unbranched alkanes of at least 4 members (excludes halogenated alkanes) is 2. The van der Waals surface area contributed by atoms with Crippen molar-refractivity contribution < 1.29 is 14.3 Å². The van der Waals surface area contributed by atoms with Crippen molar-refractivity contribution in [2.45, 2.75) is 71.2 Å². The van der Waals surface area contributed by atoms with Gasteiger partial charge < -0.3 is 0 Å². The van der Waals surface area contributed by atoms with Crippen molar-refractivity contribution >= 4 is 25.9 Å². The second-order valence-corrected chi connectivity index (χ2v) is 7.65. The van der Waals surface area contributed by atoms with Crippen LogP contribution in [0.25, 0.3) is 0 Å².